The average Bonchev–Trinajstić information content (AvgIpc) is 3.01. The second kappa shape index (κ2) is 8.17. The highest BCUT2D eigenvalue weighted by Gasteiger charge is 2.29. The van der Waals surface area contributed by atoms with Crippen molar-refractivity contribution in [2.45, 2.75) is 13.0 Å². The lowest BCUT2D eigenvalue weighted by molar-refractivity contribution is -0.128. The minimum Gasteiger partial charge on any atom is -0.338 e. The summed E-state index contributed by atoms with van der Waals surface area (Å²) in [6.45, 7) is 1.64. The molecule has 1 unspecified atom stereocenters. The summed E-state index contributed by atoms with van der Waals surface area (Å²) in [6, 6.07) is 18.4. The molecule has 3 rings (SSSR count). The number of hydrogen-bond donors (Lipinski definition) is 2. The monoisotopic (exact) mass is 348 g/mol. The Bertz CT molecular complexity index is 829. The number of nitriles is 1. The molecule has 1 saturated heterocycles. The number of amides is 3. The van der Waals surface area contributed by atoms with Crippen LogP contribution in [0.1, 0.15) is 17.5 Å². The molecule has 0 aromatic heterocycles. The molecule has 1 heterocycles. The summed E-state index contributed by atoms with van der Waals surface area (Å²) in [5.74, 6) is 0.194. The Kier molecular flexibility index (Phi) is 5.49. The standard InChI is InChI=1S/C20H20N4O2/c21-11-17-8-4-5-9-18(17)23-20(26)22-12-16-10-19(25)24(14-16)13-15-6-2-1-3-7-15/h1-9,16H,10,12-14H2,(H2,22,23,26). The zero-order valence-electron chi connectivity index (χ0n) is 14.3. The third kappa shape index (κ3) is 4.39. The molecule has 0 radical (unpaired) electrons. The molecule has 2 aromatic carbocycles. The molecule has 26 heavy (non-hydrogen) atoms. The molecule has 3 amide bonds. The van der Waals surface area contributed by atoms with Crippen LogP contribution < -0.4 is 10.6 Å². The molecular weight excluding hydrogens is 328 g/mol. The number of anilines is 1. The smallest absolute Gasteiger partial charge is 0.319 e. The molecular formula is C20H20N4O2. The molecule has 1 atom stereocenters. The van der Waals surface area contributed by atoms with E-state index in [0.29, 0.717) is 37.3 Å². The van der Waals surface area contributed by atoms with Crippen molar-refractivity contribution in [2.75, 3.05) is 18.4 Å². The maximum absolute atomic E-state index is 12.2. The van der Waals surface area contributed by atoms with Gasteiger partial charge in [-0.3, -0.25) is 4.79 Å². The lowest BCUT2D eigenvalue weighted by atomic mass is 10.1. The molecule has 1 aliphatic rings. The molecule has 2 N–H and O–H groups in total. The van der Waals surface area contributed by atoms with E-state index in [4.69, 9.17) is 5.26 Å². The van der Waals surface area contributed by atoms with Crippen LogP contribution in [0.4, 0.5) is 10.5 Å². The van der Waals surface area contributed by atoms with Crippen molar-refractivity contribution in [3.8, 4) is 6.07 Å². The second-order valence-electron chi connectivity index (χ2n) is 6.32. The van der Waals surface area contributed by atoms with Crippen LogP contribution in [0.15, 0.2) is 54.6 Å². The third-order valence-electron chi connectivity index (χ3n) is 4.36. The topological polar surface area (TPSA) is 85.2 Å². The molecule has 6 heteroatoms. The Hall–Kier alpha value is -3.33. The normalized spacial score (nSPS) is 16.2. The number of nitrogens with one attached hydrogen (secondary N) is 2. The number of likely N-dealkylation sites (tertiary alicyclic amines) is 1. The summed E-state index contributed by atoms with van der Waals surface area (Å²) in [6.07, 6.45) is 0.432. The van der Waals surface area contributed by atoms with Crippen molar-refractivity contribution in [3.05, 3.63) is 65.7 Å². The van der Waals surface area contributed by atoms with E-state index in [1.54, 1.807) is 24.3 Å². The van der Waals surface area contributed by atoms with Gasteiger partial charge in [-0.25, -0.2) is 4.79 Å². The Morgan fingerprint density at radius 3 is 2.65 bits per heavy atom. The number of hydrogen-bond acceptors (Lipinski definition) is 3. The van der Waals surface area contributed by atoms with Crippen LogP contribution in [0.2, 0.25) is 0 Å². The Morgan fingerprint density at radius 2 is 1.88 bits per heavy atom. The zero-order valence-corrected chi connectivity index (χ0v) is 14.3. The highest BCUT2D eigenvalue weighted by molar-refractivity contribution is 5.90. The molecule has 0 bridgehead atoms. The van der Waals surface area contributed by atoms with Gasteiger partial charge < -0.3 is 15.5 Å². The van der Waals surface area contributed by atoms with Crippen molar-refractivity contribution >= 4 is 17.6 Å². The number of nitrogens with zero attached hydrogens (tertiary/aromatic N) is 2. The molecule has 2 aromatic rings. The van der Waals surface area contributed by atoms with Gasteiger partial charge >= 0.3 is 6.03 Å². The van der Waals surface area contributed by atoms with Crippen LogP contribution in [0.25, 0.3) is 0 Å². The molecule has 1 fully saturated rings. The van der Waals surface area contributed by atoms with E-state index < -0.39 is 0 Å². The van der Waals surface area contributed by atoms with Gasteiger partial charge in [0.1, 0.15) is 6.07 Å². The molecule has 0 aliphatic carbocycles. The first kappa shape index (κ1) is 17.5. The summed E-state index contributed by atoms with van der Waals surface area (Å²) in [4.78, 5) is 26.1. The first-order valence-electron chi connectivity index (χ1n) is 8.51. The minimum absolute atomic E-state index is 0.0863. The Labute approximate surface area is 152 Å². The largest absolute Gasteiger partial charge is 0.338 e. The van der Waals surface area contributed by atoms with Gasteiger partial charge in [-0.2, -0.15) is 5.26 Å². The third-order valence-corrected chi connectivity index (χ3v) is 4.36. The fourth-order valence-corrected chi connectivity index (χ4v) is 3.04. The minimum atomic E-state index is -0.373. The van der Waals surface area contributed by atoms with E-state index in [0.717, 1.165) is 5.56 Å². The van der Waals surface area contributed by atoms with Gasteiger partial charge in [0, 0.05) is 32.0 Å². The fraction of sp³-hybridized carbons (Fsp3) is 0.250. The van der Waals surface area contributed by atoms with Crippen LogP contribution >= 0.6 is 0 Å². The lowest BCUT2D eigenvalue weighted by Crippen LogP contribution is -2.34. The van der Waals surface area contributed by atoms with Gasteiger partial charge in [-0.15, -0.1) is 0 Å². The number of urea groups is 1. The number of rotatable bonds is 5. The Morgan fingerprint density at radius 1 is 1.15 bits per heavy atom. The van der Waals surface area contributed by atoms with E-state index in [1.807, 2.05) is 41.3 Å². The number of carbonyl (C=O) groups excluding carboxylic acids is 2. The van der Waals surface area contributed by atoms with Gasteiger partial charge in [-0.05, 0) is 17.7 Å². The van der Waals surface area contributed by atoms with Crippen LogP contribution in [0, 0.1) is 17.2 Å². The van der Waals surface area contributed by atoms with E-state index in [9.17, 15) is 9.59 Å². The second-order valence-corrected chi connectivity index (χ2v) is 6.32. The van der Waals surface area contributed by atoms with Gasteiger partial charge in [-0.1, -0.05) is 42.5 Å². The number of carbonyl (C=O) groups is 2. The summed E-state index contributed by atoms with van der Waals surface area (Å²) in [5.41, 5.74) is 1.98. The van der Waals surface area contributed by atoms with Crippen LogP contribution in [0.3, 0.4) is 0 Å². The summed E-state index contributed by atoms with van der Waals surface area (Å²) < 4.78 is 0. The van der Waals surface area contributed by atoms with Crippen molar-refractivity contribution in [3.63, 3.8) is 0 Å². The molecule has 1 aliphatic heterocycles. The predicted molar refractivity (Wildman–Crippen MR) is 98.1 cm³/mol. The van der Waals surface area contributed by atoms with Crippen LogP contribution in [-0.2, 0) is 11.3 Å². The van der Waals surface area contributed by atoms with Gasteiger partial charge in [0.2, 0.25) is 5.91 Å². The highest BCUT2D eigenvalue weighted by atomic mass is 16.2. The zero-order chi connectivity index (χ0) is 18.4. The van der Waals surface area contributed by atoms with E-state index >= 15 is 0 Å². The van der Waals surface area contributed by atoms with Gasteiger partial charge in [0.25, 0.3) is 0 Å². The maximum Gasteiger partial charge on any atom is 0.319 e. The van der Waals surface area contributed by atoms with E-state index in [1.165, 1.54) is 0 Å². The lowest BCUT2D eigenvalue weighted by Gasteiger charge is -2.17. The van der Waals surface area contributed by atoms with Crippen LogP contribution in [-0.4, -0.2) is 29.9 Å². The first-order chi connectivity index (χ1) is 12.7. The predicted octanol–water partition coefficient (Wildman–Crippen LogP) is 2.73. The van der Waals surface area contributed by atoms with Gasteiger partial charge in [0.05, 0.1) is 11.3 Å². The van der Waals surface area contributed by atoms with E-state index in [2.05, 4.69) is 10.6 Å². The Balaban J connectivity index is 1.48. The summed E-state index contributed by atoms with van der Waals surface area (Å²) >= 11 is 0. The molecule has 0 spiro atoms. The summed E-state index contributed by atoms with van der Waals surface area (Å²) in [5, 5.41) is 14.5. The van der Waals surface area contributed by atoms with Crippen molar-refractivity contribution < 1.29 is 9.59 Å². The first-order valence-corrected chi connectivity index (χ1v) is 8.51. The van der Waals surface area contributed by atoms with Crippen molar-refractivity contribution in [1.29, 1.82) is 5.26 Å². The molecule has 6 nitrogen and oxygen atoms in total. The SMILES string of the molecule is N#Cc1ccccc1NC(=O)NCC1CC(=O)N(Cc2ccccc2)C1. The number of benzene rings is 2. The van der Waals surface area contributed by atoms with Crippen molar-refractivity contribution in [1.82, 2.24) is 10.2 Å². The summed E-state index contributed by atoms with van der Waals surface area (Å²) in [7, 11) is 0. The fourth-order valence-electron chi connectivity index (χ4n) is 3.04. The molecule has 132 valence electrons. The van der Waals surface area contributed by atoms with Gasteiger partial charge in [0.15, 0.2) is 0 Å². The van der Waals surface area contributed by atoms with Crippen molar-refractivity contribution in [2.24, 2.45) is 5.92 Å². The van der Waals surface area contributed by atoms with Crippen LogP contribution in [0.5, 0.6) is 0 Å². The highest BCUT2D eigenvalue weighted by Crippen LogP contribution is 2.20. The maximum atomic E-state index is 12.2. The molecule has 0 saturated carbocycles. The van der Waals surface area contributed by atoms with E-state index in [-0.39, 0.29) is 17.9 Å². The quantitative estimate of drug-likeness (QED) is 0.871. The number of para-hydroxylation sites is 1. The average molecular weight is 348 g/mol.